The Labute approximate surface area is 236 Å². The molecule has 9 heteroatoms. The monoisotopic (exact) mass is 548 g/mol. The molecule has 0 spiro atoms. The fraction of sp³-hybridized carbons (Fsp3) is 0.484. The van der Waals surface area contributed by atoms with E-state index in [1.54, 1.807) is 9.80 Å². The molecule has 4 rings (SSSR count). The fourth-order valence-corrected chi connectivity index (χ4v) is 5.28. The molecule has 0 radical (unpaired) electrons. The maximum Gasteiger partial charge on any atom is 0.410 e. The third-order valence-electron chi connectivity index (χ3n) is 7.11. The number of piperidine rings is 1. The van der Waals surface area contributed by atoms with Crippen LogP contribution in [0.2, 0.25) is 0 Å². The molecule has 1 aliphatic heterocycles. The lowest BCUT2D eigenvalue weighted by atomic mass is 9.92. The van der Waals surface area contributed by atoms with Gasteiger partial charge in [0.1, 0.15) is 5.60 Å². The van der Waals surface area contributed by atoms with E-state index in [2.05, 4.69) is 31.7 Å². The predicted molar refractivity (Wildman–Crippen MR) is 153 cm³/mol. The van der Waals surface area contributed by atoms with Crippen LogP contribution in [0.25, 0.3) is 11.0 Å². The lowest BCUT2D eigenvalue weighted by Gasteiger charge is -2.42. The van der Waals surface area contributed by atoms with Gasteiger partial charge in [-0.2, -0.15) is 0 Å². The first-order chi connectivity index (χ1) is 18.9. The topological polar surface area (TPSA) is 112 Å². The highest BCUT2D eigenvalue weighted by molar-refractivity contribution is 5.95. The van der Waals surface area contributed by atoms with E-state index in [9.17, 15) is 14.4 Å². The molecule has 1 aliphatic rings. The maximum absolute atomic E-state index is 14.4. The zero-order valence-corrected chi connectivity index (χ0v) is 24.3. The van der Waals surface area contributed by atoms with Gasteiger partial charge in [-0.25, -0.2) is 14.6 Å². The second-order valence-electron chi connectivity index (χ2n) is 12.1. The Bertz CT molecular complexity index is 1340. The first kappa shape index (κ1) is 29.3. The standard InChI is InChI=1S/C31H41N5O4/c1-21(2)18-36(24-17-23(27(32)37)19-34(20-24)30(39)40-31(3,4)5)29(38)28-33-25-13-9-10-14-26(25)35(28)16-15-22-11-7-6-8-12-22/h6-14,21,23-24H,15-20H2,1-5H3,(H2,32,37)/p+1/t23-,24+/m1/s1. The zero-order chi connectivity index (χ0) is 29.0. The van der Waals surface area contributed by atoms with Crippen LogP contribution in [-0.4, -0.2) is 68.5 Å². The van der Waals surface area contributed by atoms with E-state index in [4.69, 9.17) is 9.72 Å². The molecule has 2 atom stereocenters. The quantitative estimate of drug-likeness (QED) is 0.461. The lowest BCUT2D eigenvalue weighted by Crippen LogP contribution is -2.66. The van der Waals surface area contributed by atoms with E-state index in [1.807, 2.05) is 67.8 Å². The van der Waals surface area contributed by atoms with Gasteiger partial charge >= 0.3 is 12.0 Å². The summed E-state index contributed by atoms with van der Waals surface area (Å²) in [5, 5.41) is 0. The van der Waals surface area contributed by atoms with Gasteiger partial charge in [0.15, 0.2) is 5.82 Å². The Balaban J connectivity index is 1.69. The minimum atomic E-state index is -0.676. The number of para-hydroxylation sites is 2. The van der Waals surface area contributed by atoms with Gasteiger partial charge in [-0.05, 0) is 57.2 Å². The molecule has 3 aromatic rings. The first-order valence-electron chi connectivity index (χ1n) is 14.1. The number of carbonyl (C=O) groups is 3. The molecule has 0 bridgehead atoms. The van der Waals surface area contributed by atoms with Gasteiger partial charge in [-0.15, -0.1) is 0 Å². The van der Waals surface area contributed by atoms with Crippen molar-refractivity contribution in [3.63, 3.8) is 0 Å². The molecule has 0 saturated carbocycles. The number of nitrogens with zero attached hydrogens (tertiary/aromatic N) is 4. The zero-order valence-electron chi connectivity index (χ0n) is 24.3. The number of hydrogen-bond acceptors (Lipinski definition) is 5. The number of aromatic nitrogens is 2. The highest BCUT2D eigenvalue weighted by Crippen LogP contribution is 2.26. The number of rotatable bonds is 8. The number of likely N-dealkylation sites (tertiary alicyclic amines) is 1. The number of fused-ring (bicyclic) bond motifs is 1. The van der Waals surface area contributed by atoms with Crippen molar-refractivity contribution in [1.29, 1.82) is 0 Å². The van der Waals surface area contributed by atoms with Gasteiger partial charge in [0.2, 0.25) is 0 Å². The Hall–Kier alpha value is -3.72. The minimum Gasteiger partial charge on any atom is -0.444 e. The van der Waals surface area contributed by atoms with Gasteiger partial charge in [0.05, 0.1) is 23.0 Å². The molecule has 214 valence electrons. The highest BCUT2D eigenvalue weighted by Gasteiger charge is 2.41. The van der Waals surface area contributed by atoms with Crippen molar-refractivity contribution >= 4 is 28.9 Å². The molecule has 1 aromatic heterocycles. The largest absolute Gasteiger partial charge is 0.444 e. The number of ether oxygens (including phenoxy) is 1. The summed E-state index contributed by atoms with van der Waals surface area (Å²) in [7, 11) is 0. The number of quaternary nitrogens is 1. The molecule has 2 aromatic carbocycles. The summed E-state index contributed by atoms with van der Waals surface area (Å²) in [6.45, 7) is 11.1. The summed E-state index contributed by atoms with van der Waals surface area (Å²) >= 11 is 0. The maximum atomic E-state index is 14.4. The van der Waals surface area contributed by atoms with E-state index >= 15 is 0 Å². The first-order valence-corrected chi connectivity index (χ1v) is 14.1. The molecule has 40 heavy (non-hydrogen) atoms. The molecule has 1 saturated heterocycles. The van der Waals surface area contributed by atoms with Crippen LogP contribution in [0.15, 0.2) is 54.6 Å². The molecular weight excluding hydrogens is 506 g/mol. The molecule has 2 heterocycles. The fourth-order valence-electron chi connectivity index (χ4n) is 5.28. The van der Waals surface area contributed by atoms with Crippen LogP contribution >= 0.6 is 0 Å². The molecule has 0 aliphatic carbocycles. The minimum absolute atomic E-state index is 0.164. The van der Waals surface area contributed by atoms with E-state index in [1.165, 1.54) is 5.56 Å². The number of benzene rings is 2. The number of imidazole rings is 1. The van der Waals surface area contributed by atoms with Crippen molar-refractivity contribution < 1.29 is 24.9 Å². The van der Waals surface area contributed by atoms with Crippen LogP contribution in [0.5, 0.6) is 0 Å². The molecule has 1 fully saturated rings. The van der Waals surface area contributed by atoms with Gasteiger partial charge < -0.3 is 19.1 Å². The van der Waals surface area contributed by atoms with Gasteiger partial charge in [0, 0.05) is 26.2 Å². The number of aryl methyl sites for hydroxylation is 2. The number of hydrogen-bond donors (Lipinski definition) is 1. The van der Waals surface area contributed by atoms with Crippen LogP contribution in [0, 0.1) is 11.8 Å². The van der Waals surface area contributed by atoms with Crippen molar-refractivity contribution in [2.45, 2.75) is 65.6 Å². The van der Waals surface area contributed by atoms with E-state index < -0.39 is 17.6 Å². The lowest BCUT2D eigenvalue weighted by molar-refractivity contribution is -0.313. The highest BCUT2D eigenvalue weighted by atomic mass is 16.6. The van der Waals surface area contributed by atoms with Gasteiger partial charge in [0.25, 0.3) is 5.91 Å². The summed E-state index contributed by atoms with van der Waals surface area (Å²) < 4.78 is 7.62. The van der Waals surface area contributed by atoms with E-state index in [-0.39, 0.29) is 36.9 Å². The van der Waals surface area contributed by atoms with E-state index in [0.29, 0.717) is 25.3 Å². The molecule has 0 unspecified atom stereocenters. The van der Waals surface area contributed by atoms with Crippen LogP contribution in [0.4, 0.5) is 4.79 Å². The SMILES string of the molecule is CC(C)CN(C(=O)c1nc2ccccc2n1CCc1ccccc1)[C@H]1C[C@@H](C([NH3+])=O)CN(C(=O)OC(C)(C)C)C1. The van der Waals surface area contributed by atoms with Crippen LogP contribution in [0.3, 0.4) is 0 Å². The predicted octanol–water partition coefficient (Wildman–Crippen LogP) is 3.77. The molecular formula is C31H42N5O4+. The number of amides is 3. The van der Waals surface area contributed by atoms with Crippen LogP contribution in [0.1, 0.15) is 57.2 Å². The van der Waals surface area contributed by atoms with Gasteiger partial charge in [-0.3, -0.25) is 10.5 Å². The Kier molecular flexibility index (Phi) is 8.93. The second kappa shape index (κ2) is 12.2. The van der Waals surface area contributed by atoms with Crippen LogP contribution < -0.4 is 5.73 Å². The summed E-state index contributed by atoms with van der Waals surface area (Å²) in [5.41, 5.74) is 5.80. The normalized spacial score (nSPS) is 17.7. The molecule has 9 nitrogen and oxygen atoms in total. The summed E-state index contributed by atoms with van der Waals surface area (Å²) in [5.74, 6) is -0.401. The third kappa shape index (κ3) is 7.07. The Morgan fingerprint density at radius 2 is 1.73 bits per heavy atom. The summed E-state index contributed by atoms with van der Waals surface area (Å²) in [4.78, 5) is 48.0. The van der Waals surface area contributed by atoms with Crippen molar-refractivity contribution in [3.05, 3.63) is 66.0 Å². The van der Waals surface area contributed by atoms with Crippen molar-refractivity contribution in [2.24, 2.45) is 11.8 Å². The summed E-state index contributed by atoms with van der Waals surface area (Å²) in [6.07, 6.45) is 0.694. The van der Waals surface area contributed by atoms with Gasteiger partial charge in [-0.1, -0.05) is 56.3 Å². The second-order valence-corrected chi connectivity index (χ2v) is 12.1. The van der Waals surface area contributed by atoms with Crippen molar-refractivity contribution in [1.82, 2.24) is 19.4 Å². The average Bonchev–Trinajstić information content (AvgIpc) is 3.28. The summed E-state index contributed by atoms with van der Waals surface area (Å²) in [6, 6.07) is 17.6. The van der Waals surface area contributed by atoms with Crippen molar-refractivity contribution in [3.8, 4) is 0 Å². The smallest absolute Gasteiger partial charge is 0.410 e. The Morgan fingerprint density at radius 3 is 2.38 bits per heavy atom. The molecule has 3 amide bonds. The van der Waals surface area contributed by atoms with Crippen LogP contribution in [-0.2, 0) is 22.5 Å². The number of carbonyl (C=O) groups excluding carboxylic acids is 3. The molecule has 3 N–H and O–H groups in total. The average molecular weight is 549 g/mol. The Morgan fingerprint density at radius 1 is 1.05 bits per heavy atom. The van der Waals surface area contributed by atoms with Crippen molar-refractivity contribution in [2.75, 3.05) is 19.6 Å². The third-order valence-corrected chi connectivity index (χ3v) is 7.11. The van der Waals surface area contributed by atoms with E-state index in [0.717, 1.165) is 17.5 Å².